The normalized spacial score (nSPS) is 12.5. The van der Waals surface area contributed by atoms with Gasteiger partial charge in [-0.15, -0.1) is 0 Å². The monoisotopic (exact) mass is 218 g/mol. The average molecular weight is 218 g/mol. The van der Waals surface area contributed by atoms with E-state index in [1.54, 1.807) is 0 Å². The first-order chi connectivity index (χ1) is 7.56. The second kappa shape index (κ2) is 5.80. The lowest BCUT2D eigenvalue weighted by Crippen LogP contribution is -2.17. The van der Waals surface area contributed by atoms with E-state index in [-0.39, 0.29) is 0 Å². The van der Waals surface area contributed by atoms with Crippen LogP contribution in [0, 0.1) is 13.8 Å². The van der Waals surface area contributed by atoms with Gasteiger partial charge in [-0.1, -0.05) is 19.1 Å². The first-order valence-electron chi connectivity index (χ1n) is 5.86. The zero-order valence-electron chi connectivity index (χ0n) is 10.8. The van der Waals surface area contributed by atoms with E-state index in [2.05, 4.69) is 35.9 Å². The predicted molar refractivity (Wildman–Crippen MR) is 69.6 cm³/mol. The smallest absolute Gasteiger partial charge is 0.0379 e. The molecule has 0 aliphatic rings. The predicted octanol–water partition coefficient (Wildman–Crippen LogP) is 3.32. The minimum atomic E-state index is 0.354. The fourth-order valence-corrected chi connectivity index (χ4v) is 1.89. The van der Waals surface area contributed by atoms with Gasteiger partial charge in [0, 0.05) is 17.4 Å². The number of nitrogens with one attached hydrogen (secondary N) is 1. The molecule has 1 unspecified atom stereocenters. The zero-order valence-corrected chi connectivity index (χ0v) is 10.8. The van der Waals surface area contributed by atoms with Crippen molar-refractivity contribution in [3.8, 4) is 0 Å². The van der Waals surface area contributed by atoms with Gasteiger partial charge in [-0.2, -0.15) is 0 Å². The van der Waals surface area contributed by atoms with Gasteiger partial charge in [0.25, 0.3) is 0 Å². The molecule has 0 spiro atoms. The lowest BCUT2D eigenvalue weighted by atomic mass is 9.98. The van der Waals surface area contributed by atoms with Crippen LogP contribution >= 0.6 is 0 Å². The van der Waals surface area contributed by atoms with Crippen LogP contribution in [0.15, 0.2) is 24.3 Å². The van der Waals surface area contributed by atoms with E-state index in [0.717, 1.165) is 24.2 Å². The quantitative estimate of drug-likeness (QED) is 0.767. The van der Waals surface area contributed by atoms with Crippen molar-refractivity contribution in [3.63, 3.8) is 0 Å². The van der Waals surface area contributed by atoms with Crippen LogP contribution in [-0.4, -0.2) is 12.0 Å². The summed E-state index contributed by atoms with van der Waals surface area (Å²) in [6.07, 6.45) is 2.04. The van der Waals surface area contributed by atoms with Gasteiger partial charge in [0.15, 0.2) is 0 Å². The van der Waals surface area contributed by atoms with E-state index in [4.69, 9.17) is 0 Å². The molecule has 88 valence electrons. The summed E-state index contributed by atoms with van der Waals surface area (Å²) in [6.45, 7) is 10.3. The largest absolute Gasteiger partial charge is 0.313 e. The molecular weight excluding hydrogens is 196 g/mol. The molecule has 2 nitrogen and oxygen atoms in total. The Morgan fingerprint density at radius 2 is 1.94 bits per heavy atom. The Morgan fingerprint density at radius 3 is 2.38 bits per heavy atom. The van der Waals surface area contributed by atoms with Crippen LogP contribution in [0.3, 0.4) is 0 Å². The van der Waals surface area contributed by atoms with Gasteiger partial charge in [0.1, 0.15) is 0 Å². The van der Waals surface area contributed by atoms with Gasteiger partial charge in [0.05, 0.1) is 0 Å². The first-order valence-corrected chi connectivity index (χ1v) is 5.86. The van der Waals surface area contributed by atoms with Gasteiger partial charge in [-0.05, 0) is 51.4 Å². The second-order valence-electron chi connectivity index (χ2n) is 4.33. The zero-order chi connectivity index (χ0) is 12.1. The second-order valence-corrected chi connectivity index (χ2v) is 4.33. The Labute approximate surface area is 98.8 Å². The molecule has 1 aromatic rings. The lowest BCUT2D eigenvalue weighted by molar-refractivity contribution is 0.581. The van der Waals surface area contributed by atoms with E-state index in [1.807, 2.05) is 20.9 Å². The summed E-state index contributed by atoms with van der Waals surface area (Å²) in [5, 5.41) is 3.35. The molecule has 0 aliphatic carbocycles. The average Bonchev–Trinajstić information content (AvgIpc) is 2.24. The van der Waals surface area contributed by atoms with E-state index in [0.29, 0.717) is 6.04 Å². The van der Waals surface area contributed by atoms with Crippen LogP contribution in [0.1, 0.15) is 42.8 Å². The molecule has 1 N–H and O–H groups in total. The summed E-state index contributed by atoms with van der Waals surface area (Å²) < 4.78 is 0. The van der Waals surface area contributed by atoms with Crippen molar-refractivity contribution in [3.05, 3.63) is 41.2 Å². The Kier molecular flexibility index (Phi) is 4.69. The number of hydrogen-bond acceptors (Lipinski definition) is 2. The SMILES string of the molecule is C=C(CC)CC(NC)c1cc(C)nc(C)c1. The molecule has 2 heteroatoms. The van der Waals surface area contributed by atoms with Gasteiger partial charge < -0.3 is 5.32 Å². The molecule has 1 aromatic heterocycles. The Bertz CT molecular complexity index is 349. The molecule has 0 aromatic carbocycles. The molecular formula is C14H22N2. The van der Waals surface area contributed by atoms with Crippen LogP contribution in [0.4, 0.5) is 0 Å². The van der Waals surface area contributed by atoms with Crippen LogP contribution in [0.25, 0.3) is 0 Å². The highest BCUT2D eigenvalue weighted by molar-refractivity contribution is 5.24. The van der Waals surface area contributed by atoms with Crippen molar-refractivity contribution in [2.45, 2.75) is 39.7 Å². The van der Waals surface area contributed by atoms with Gasteiger partial charge in [-0.25, -0.2) is 0 Å². The molecule has 1 rings (SSSR count). The van der Waals surface area contributed by atoms with Gasteiger partial charge in [0.2, 0.25) is 0 Å². The van der Waals surface area contributed by atoms with E-state index in [1.165, 1.54) is 11.1 Å². The number of nitrogens with zero attached hydrogens (tertiary/aromatic N) is 1. The number of aromatic nitrogens is 1. The van der Waals surface area contributed by atoms with Crippen LogP contribution in [-0.2, 0) is 0 Å². The highest BCUT2D eigenvalue weighted by atomic mass is 14.9. The Morgan fingerprint density at radius 1 is 1.38 bits per heavy atom. The minimum Gasteiger partial charge on any atom is -0.313 e. The van der Waals surface area contributed by atoms with Crippen molar-refractivity contribution in [2.24, 2.45) is 0 Å². The standard InChI is InChI=1S/C14H22N2/c1-6-10(2)7-14(15-5)13-8-11(3)16-12(4)9-13/h8-9,14-15H,2,6-7H2,1,3-5H3. The van der Waals surface area contributed by atoms with Crippen LogP contribution < -0.4 is 5.32 Å². The molecule has 0 aliphatic heterocycles. The maximum Gasteiger partial charge on any atom is 0.0379 e. The van der Waals surface area contributed by atoms with Crippen molar-refractivity contribution in [2.75, 3.05) is 7.05 Å². The number of aryl methyl sites for hydroxylation is 2. The van der Waals surface area contributed by atoms with Gasteiger partial charge >= 0.3 is 0 Å². The summed E-state index contributed by atoms with van der Waals surface area (Å²) in [4.78, 5) is 4.40. The maximum absolute atomic E-state index is 4.40. The highest BCUT2D eigenvalue weighted by Crippen LogP contribution is 2.22. The lowest BCUT2D eigenvalue weighted by Gasteiger charge is -2.18. The third-order valence-electron chi connectivity index (χ3n) is 2.85. The number of hydrogen-bond donors (Lipinski definition) is 1. The number of pyridine rings is 1. The van der Waals surface area contributed by atoms with Gasteiger partial charge in [-0.3, -0.25) is 4.98 Å². The van der Waals surface area contributed by atoms with E-state index < -0.39 is 0 Å². The van der Waals surface area contributed by atoms with E-state index >= 15 is 0 Å². The molecule has 0 bridgehead atoms. The van der Waals surface area contributed by atoms with Crippen molar-refractivity contribution >= 4 is 0 Å². The van der Waals surface area contributed by atoms with Crippen molar-refractivity contribution < 1.29 is 0 Å². The van der Waals surface area contributed by atoms with Crippen molar-refractivity contribution in [1.29, 1.82) is 0 Å². The summed E-state index contributed by atoms with van der Waals surface area (Å²) >= 11 is 0. The third-order valence-corrected chi connectivity index (χ3v) is 2.85. The van der Waals surface area contributed by atoms with Crippen LogP contribution in [0.5, 0.6) is 0 Å². The maximum atomic E-state index is 4.40. The first kappa shape index (κ1) is 12.9. The molecule has 0 saturated heterocycles. The molecule has 0 saturated carbocycles. The molecule has 1 atom stereocenters. The summed E-state index contributed by atoms with van der Waals surface area (Å²) in [6, 6.07) is 4.65. The number of rotatable bonds is 5. The molecule has 0 radical (unpaired) electrons. The molecule has 0 fully saturated rings. The summed E-state index contributed by atoms with van der Waals surface area (Å²) in [5.74, 6) is 0. The molecule has 16 heavy (non-hydrogen) atoms. The highest BCUT2D eigenvalue weighted by Gasteiger charge is 2.11. The fraction of sp³-hybridized carbons (Fsp3) is 0.500. The molecule has 1 heterocycles. The van der Waals surface area contributed by atoms with Crippen molar-refractivity contribution in [1.82, 2.24) is 10.3 Å². The topological polar surface area (TPSA) is 24.9 Å². The summed E-state index contributed by atoms with van der Waals surface area (Å²) in [5.41, 5.74) is 4.75. The minimum absolute atomic E-state index is 0.354. The molecule has 0 amide bonds. The Hall–Kier alpha value is -1.15. The summed E-state index contributed by atoms with van der Waals surface area (Å²) in [7, 11) is 2.00. The van der Waals surface area contributed by atoms with Crippen LogP contribution in [0.2, 0.25) is 0 Å². The van der Waals surface area contributed by atoms with E-state index in [9.17, 15) is 0 Å². The fourth-order valence-electron chi connectivity index (χ4n) is 1.89. The third kappa shape index (κ3) is 3.46. The Balaban J connectivity index is 2.90.